The van der Waals surface area contributed by atoms with Crippen molar-refractivity contribution in [2.24, 2.45) is 0 Å². The molecule has 4 aromatic rings. The molecule has 0 aliphatic carbocycles. The Bertz CT molecular complexity index is 1330. The van der Waals surface area contributed by atoms with Crippen LogP contribution in [0.5, 0.6) is 11.5 Å². The number of rotatable bonds is 5. The van der Waals surface area contributed by atoms with Crippen molar-refractivity contribution in [2.75, 3.05) is 45.3 Å². The number of hydrogen-bond acceptors (Lipinski definition) is 6. The average molecular weight is 467 g/mol. The lowest BCUT2D eigenvalue weighted by molar-refractivity contribution is 0.249. The summed E-state index contributed by atoms with van der Waals surface area (Å²) in [7, 11) is 3.32. The van der Waals surface area contributed by atoms with Crippen LogP contribution < -0.4 is 19.8 Å². The molecule has 0 bridgehead atoms. The fraction of sp³-hybridized carbons (Fsp3) is 0.269. The molecule has 5 rings (SSSR count). The van der Waals surface area contributed by atoms with E-state index in [1.54, 1.807) is 32.4 Å². The number of anilines is 1. The predicted octanol–water partition coefficient (Wildman–Crippen LogP) is 4.71. The molecule has 1 aromatic heterocycles. The lowest BCUT2D eigenvalue weighted by Crippen LogP contribution is -2.46. The van der Waals surface area contributed by atoms with Gasteiger partial charge in [0, 0.05) is 44.4 Å². The van der Waals surface area contributed by atoms with Crippen LogP contribution in [-0.4, -0.2) is 45.3 Å². The van der Waals surface area contributed by atoms with Crippen molar-refractivity contribution in [1.82, 2.24) is 4.90 Å². The zero-order valence-electron chi connectivity index (χ0n) is 18.7. The second-order valence-corrected chi connectivity index (χ2v) is 8.02. The predicted molar refractivity (Wildman–Crippen MR) is 134 cm³/mol. The van der Waals surface area contributed by atoms with Gasteiger partial charge in [-0.25, -0.2) is 0 Å². The van der Waals surface area contributed by atoms with E-state index in [1.165, 1.54) is 0 Å². The van der Waals surface area contributed by atoms with E-state index in [9.17, 15) is 4.79 Å². The van der Waals surface area contributed by atoms with Crippen LogP contribution in [0, 0.1) is 0 Å². The van der Waals surface area contributed by atoms with E-state index in [2.05, 4.69) is 15.9 Å². The van der Waals surface area contributed by atoms with Crippen molar-refractivity contribution in [1.29, 1.82) is 0 Å². The molecule has 7 heteroatoms. The molecule has 0 radical (unpaired) electrons. The van der Waals surface area contributed by atoms with E-state index in [0.717, 1.165) is 49.7 Å². The lowest BCUT2D eigenvalue weighted by Gasteiger charge is -2.36. The Labute approximate surface area is 198 Å². The molecular formula is C26H27ClN2O4. The highest BCUT2D eigenvalue weighted by molar-refractivity contribution is 5.91. The van der Waals surface area contributed by atoms with Gasteiger partial charge in [-0.3, -0.25) is 9.69 Å². The van der Waals surface area contributed by atoms with Crippen LogP contribution in [0.1, 0.15) is 5.56 Å². The first kappa shape index (κ1) is 23.0. The number of ether oxygens (including phenoxy) is 2. The van der Waals surface area contributed by atoms with Crippen molar-refractivity contribution in [3.05, 3.63) is 76.5 Å². The number of para-hydroxylation sites is 3. The molecule has 3 aromatic carbocycles. The van der Waals surface area contributed by atoms with E-state index >= 15 is 0 Å². The Morgan fingerprint density at radius 1 is 0.879 bits per heavy atom. The molecule has 33 heavy (non-hydrogen) atoms. The first-order chi connectivity index (χ1) is 15.7. The average Bonchev–Trinajstić information content (AvgIpc) is 2.85. The van der Waals surface area contributed by atoms with Gasteiger partial charge in [0.2, 0.25) is 5.43 Å². The number of benzene rings is 3. The Balaban J connectivity index is 0.00000259. The van der Waals surface area contributed by atoms with Crippen LogP contribution in [0.4, 0.5) is 5.69 Å². The number of nitrogens with zero attached hydrogens (tertiary/aromatic N) is 2. The summed E-state index contributed by atoms with van der Waals surface area (Å²) < 4.78 is 17.1. The second-order valence-electron chi connectivity index (χ2n) is 8.02. The summed E-state index contributed by atoms with van der Waals surface area (Å²) in [4.78, 5) is 17.8. The highest BCUT2D eigenvalue weighted by Gasteiger charge is 2.21. The van der Waals surface area contributed by atoms with Gasteiger partial charge < -0.3 is 18.8 Å². The first-order valence-corrected chi connectivity index (χ1v) is 10.8. The lowest BCUT2D eigenvalue weighted by atomic mass is 10.1. The quantitative estimate of drug-likeness (QED) is 0.397. The maximum atomic E-state index is 13.1. The molecule has 2 heterocycles. The van der Waals surface area contributed by atoms with Crippen LogP contribution in [-0.2, 0) is 6.54 Å². The molecule has 6 nitrogen and oxygen atoms in total. The Kier molecular flexibility index (Phi) is 6.77. The Morgan fingerprint density at radius 2 is 1.67 bits per heavy atom. The summed E-state index contributed by atoms with van der Waals surface area (Å²) >= 11 is 0. The van der Waals surface area contributed by atoms with Gasteiger partial charge in [-0.05, 0) is 30.3 Å². The van der Waals surface area contributed by atoms with Gasteiger partial charge in [0.05, 0.1) is 30.7 Å². The summed E-state index contributed by atoms with van der Waals surface area (Å²) in [6, 6.07) is 19.3. The third-order valence-corrected chi connectivity index (χ3v) is 6.18. The maximum Gasteiger partial charge on any atom is 0.200 e. The fourth-order valence-corrected chi connectivity index (χ4v) is 4.44. The minimum Gasteiger partial charge on any atom is -0.497 e. The molecule has 0 saturated carbocycles. The largest absolute Gasteiger partial charge is 0.497 e. The summed E-state index contributed by atoms with van der Waals surface area (Å²) in [5.41, 5.74) is 3.36. The third kappa shape index (κ3) is 4.36. The Morgan fingerprint density at radius 3 is 2.42 bits per heavy atom. The van der Waals surface area contributed by atoms with Gasteiger partial charge in [-0.15, -0.1) is 12.4 Å². The van der Waals surface area contributed by atoms with E-state index in [-0.39, 0.29) is 17.8 Å². The highest BCUT2D eigenvalue weighted by atomic mass is 35.5. The van der Waals surface area contributed by atoms with Crippen LogP contribution >= 0.6 is 12.4 Å². The molecule has 172 valence electrons. The van der Waals surface area contributed by atoms with Gasteiger partial charge in [0.25, 0.3) is 0 Å². The van der Waals surface area contributed by atoms with Gasteiger partial charge in [0.1, 0.15) is 22.7 Å². The topological polar surface area (TPSA) is 55.2 Å². The normalized spacial score (nSPS) is 14.3. The van der Waals surface area contributed by atoms with E-state index in [0.29, 0.717) is 27.7 Å². The monoisotopic (exact) mass is 466 g/mol. The van der Waals surface area contributed by atoms with E-state index in [4.69, 9.17) is 13.9 Å². The maximum absolute atomic E-state index is 13.1. The standard InChI is InChI=1S/C26H26N2O4.ClH/c1-30-19-10-11-20-24(16-19)32-26-18(6-5-7-21(26)25(20)29)17-27-12-14-28(15-13-27)22-8-3-4-9-23(22)31-2;/h3-11,16H,12-15,17H2,1-2H3;1H. The summed E-state index contributed by atoms with van der Waals surface area (Å²) in [5.74, 6) is 1.57. The molecule has 0 atom stereocenters. The zero-order chi connectivity index (χ0) is 22.1. The van der Waals surface area contributed by atoms with Crippen LogP contribution in [0.25, 0.3) is 21.9 Å². The minimum atomic E-state index is -0.00764. The van der Waals surface area contributed by atoms with Crippen LogP contribution in [0.2, 0.25) is 0 Å². The van der Waals surface area contributed by atoms with Crippen LogP contribution in [0.15, 0.2) is 69.9 Å². The van der Waals surface area contributed by atoms with Gasteiger partial charge in [-0.1, -0.05) is 24.3 Å². The molecule has 0 N–H and O–H groups in total. The molecule has 0 spiro atoms. The van der Waals surface area contributed by atoms with Gasteiger partial charge >= 0.3 is 0 Å². The number of halogens is 1. The van der Waals surface area contributed by atoms with Crippen LogP contribution in [0.3, 0.4) is 0 Å². The van der Waals surface area contributed by atoms with E-state index in [1.807, 2.05) is 36.4 Å². The third-order valence-electron chi connectivity index (χ3n) is 6.18. The number of methoxy groups -OCH3 is 2. The summed E-state index contributed by atoms with van der Waals surface area (Å²) in [5, 5.41) is 1.19. The molecule has 1 fully saturated rings. The van der Waals surface area contributed by atoms with Gasteiger partial charge in [-0.2, -0.15) is 0 Å². The second kappa shape index (κ2) is 9.73. The number of hydrogen-bond donors (Lipinski definition) is 0. The highest BCUT2D eigenvalue weighted by Crippen LogP contribution is 2.29. The van der Waals surface area contributed by atoms with Crippen molar-refractivity contribution >= 4 is 40.0 Å². The molecule has 0 unspecified atom stereocenters. The molecule has 1 aliphatic heterocycles. The number of fused-ring (bicyclic) bond motifs is 2. The SMILES string of the molecule is COc1ccc2c(=O)c3cccc(CN4CCN(c5ccccc5OC)CC4)c3oc2c1.Cl. The number of piperazine rings is 1. The smallest absolute Gasteiger partial charge is 0.200 e. The van der Waals surface area contributed by atoms with Crippen molar-refractivity contribution < 1.29 is 13.9 Å². The van der Waals surface area contributed by atoms with E-state index < -0.39 is 0 Å². The van der Waals surface area contributed by atoms with Crippen molar-refractivity contribution in [3.8, 4) is 11.5 Å². The molecule has 0 amide bonds. The first-order valence-electron chi connectivity index (χ1n) is 10.8. The Hall–Kier alpha value is -3.22. The minimum absolute atomic E-state index is 0. The van der Waals surface area contributed by atoms with Crippen molar-refractivity contribution in [2.45, 2.75) is 6.54 Å². The zero-order valence-corrected chi connectivity index (χ0v) is 19.6. The molecular weight excluding hydrogens is 440 g/mol. The summed E-state index contributed by atoms with van der Waals surface area (Å²) in [6.45, 7) is 4.39. The molecule has 1 aliphatic rings. The van der Waals surface area contributed by atoms with Gasteiger partial charge in [0.15, 0.2) is 0 Å². The molecule has 1 saturated heterocycles. The fourth-order valence-electron chi connectivity index (χ4n) is 4.44. The van der Waals surface area contributed by atoms with Crippen molar-refractivity contribution in [3.63, 3.8) is 0 Å². The summed E-state index contributed by atoms with van der Waals surface area (Å²) in [6.07, 6.45) is 0.